The Morgan fingerprint density at radius 3 is 2.57 bits per heavy atom. The van der Waals surface area contributed by atoms with E-state index in [2.05, 4.69) is 0 Å². The van der Waals surface area contributed by atoms with E-state index in [-0.39, 0.29) is 18.0 Å². The summed E-state index contributed by atoms with van der Waals surface area (Å²) in [4.78, 5) is 38.6. The minimum Gasteiger partial charge on any atom is -0.457 e. The zero-order valence-corrected chi connectivity index (χ0v) is 15.8. The van der Waals surface area contributed by atoms with Crippen molar-refractivity contribution in [3.8, 4) is 0 Å². The molecule has 0 aliphatic carbocycles. The number of carbonyl (C=O) groups is 3. The zero-order chi connectivity index (χ0) is 20.1. The number of ether oxygens (including phenoxy) is 1. The average molecular weight is 404 g/mol. The van der Waals surface area contributed by atoms with Crippen LogP contribution >= 0.6 is 11.6 Å². The van der Waals surface area contributed by atoms with Crippen molar-refractivity contribution >= 4 is 29.3 Å². The number of piperidine rings is 1. The molecule has 0 N–H and O–H groups in total. The number of nitrogens with zero attached hydrogens (tertiary/aromatic N) is 1. The van der Waals surface area contributed by atoms with Crippen LogP contribution in [0.3, 0.4) is 0 Å². The third-order valence-corrected chi connectivity index (χ3v) is 4.88. The summed E-state index contributed by atoms with van der Waals surface area (Å²) < 4.78 is 18.3. The molecule has 0 aromatic heterocycles. The molecule has 1 saturated heterocycles. The van der Waals surface area contributed by atoms with Crippen LogP contribution < -0.4 is 0 Å². The first-order valence-electron chi connectivity index (χ1n) is 8.94. The summed E-state index contributed by atoms with van der Waals surface area (Å²) in [5, 5.41) is 0.541. The molecule has 2 aromatic carbocycles. The lowest BCUT2D eigenvalue weighted by molar-refractivity contribution is -0.148. The van der Waals surface area contributed by atoms with Gasteiger partial charge in [-0.1, -0.05) is 23.7 Å². The maximum Gasteiger partial charge on any atom is 0.311 e. The van der Waals surface area contributed by atoms with Crippen molar-refractivity contribution in [2.24, 2.45) is 5.92 Å². The Morgan fingerprint density at radius 2 is 1.86 bits per heavy atom. The second kappa shape index (κ2) is 8.97. The summed E-state index contributed by atoms with van der Waals surface area (Å²) >= 11 is 5.85. The van der Waals surface area contributed by atoms with E-state index in [1.165, 1.54) is 18.2 Å². The number of Topliss-reactive ketones (excluding diaryl/α,β-unsaturated/α-hetero) is 1. The second-order valence-electron chi connectivity index (χ2n) is 6.64. The number of esters is 1. The van der Waals surface area contributed by atoms with Crippen LogP contribution in [-0.2, 0) is 9.53 Å². The predicted molar refractivity (Wildman–Crippen MR) is 102 cm³/mol. The molecule has 1 atom stereocenters. The molecule has 0 unspecified atom stereocenters. The summed E-state index contributed by atoms with van der Waals surface area (Å²) in [6.45, 7) is 0.325. The van der Waals surface area contributed by atoms with Crippen LogP contribution in [0.1, 0.15) is 33.6 Å². The van der Waals surface area contributed by atoms with E-state index in [1.807, 2.05) is 0 Å². The molecule has 3 rings (SSSR count). The molecule has 1 aliphatic heterocycles. The standard InChI is InChI=1S/C21H19ClFNO4/c22-17-8-6-14(7-9-17)20(26)24-10-2-4-16(12-24)21(27)28-13-19(25)15-3-1-5-18(23)11-15/h1,3,5-9,11,16H,2,4,10,12-13H2/t16-/m0/s1. The van der Waals surface area contributed by atoms with E-state index in [0.717, 1.165) is 6.07 Å². The van der Waals surface area contributed by atoms with Crippen molar-refractivity contribution in [1.82, 2.24) is 4.90 Å². The van der Waals surface area contributed by atoms with Gasteiger partial charge in [0.25, 0.3) is 5.91 Å². The molecule has 5 nitrogen and oxygen atoms in total. The molecule has 0 saturated carbocycles. The van der Waals surface area contributed by atoms with Crippen molar-refractivity contribution in [3.05, 3.63) is 70.5 Å². The fraction of sp³-hybridized carbons (Fsp3) is 0.286. The largest absolute Gasteiger partial charge is 0.457 e. The van der Waals surface area contributed by atoms with Crippen molar-refractivity contribution in [2.45, 2.75) is 12.8 Å². The van der Waals surface area contributed by atoms with Gasteiger partial charge in [-0.15, -0.1) is 0 Å². The maximum absolute atomic E-state index is 13.2. The summed E-state index contributed by atoms with van der Waals surface area (Å²) in [6, 6.07) is 11.8. The Morgan fingerprint density at radius 1 is 1.11 bits per heavy atom. The minimum atomic E-state index is -0.529. The molecule has 146 valence electrons. The van der Waals surface area contributed by atoms with Gasteiger partial charge in [-0.2, -0.15) is 0 Å². The zero-order valence-electron chi connectivity index (χ0n) is 15.1. The quantitative estimate of drug-likeness (QED) is 0.563. The molecular weight excluding hydrogens is 385 g/mol. The number of carbonyl (C=O) groups excluding carboxylic acids is 3. The van der Waals surface area contributed by atoms with E-state index in [4.69, 9.17) is 16.3 Å². The Bertz CT molecular complexity index is 884. The van der Waals surface area contributed by atoms with E-state index in [9.17, 15) is 18.8 Å². The lowest BCUT2D eigenvalue weighted by Crippen LogP contribution is -2.43. The molecule has 1 heterocycles. The van der Waals surface area contributed by atoms with Crippen LogP contribution in [0.5, 0.6) is 0 Å². The number of hydrogen-bond donors (Lipinski definition) is 0. The first-order chi connectivity index (χ1) is 13.4. The molecule has 7 heteroatoms. The third kappa shape index (κ3) is 4.95. The Balaban J connectivity index is 1.56. The molecular formula is C21H19ClFNO4. The van der Waals surface area contributed by atoms with Crippen LogP contribution in [0.2, 0.25) is 5.02 Å². The van der Waals surface area contributed by atoms with Crippen molar-refractivity contribution in [1.29, 1.82) is 0 Å². The SMILES string of the molecule is O=C(COC(=O)[C@H]1CCCN(C(=O)c2ccc(Cl)cc2)C1)c1cccc(F)c1. The summed E-state index contributed by atoms with van der Waals surface area (Å²) in [5.74, 6) is -2.20. The first kappa shape index (κ1) is 20.0. The number of benzene rings is 2. The molecule has 0 spiro atoms. The van der Waals surface area contributed by atoms with Gasteiger partial charge in [0, 0.05) is 29.2 Å². The Hall–Kier alpha value is -2.73. The van der Waals surface area contributed by atoms with Gasteiger partial charge in [-0.3, -0.25) is 14.4 Å². The van der Waals surface area contributed by atoms with Gasteiger partial charge in [0.15, 0.2) is 12.4 Å². The Labute approximate surface area is 167 Å². The second-order valence-corrected chi connectivity index (χ2v) is 7.07. The lowest BCUT2D eigenvalue weighted by Gasteiger charge is -2.31. The smallest absolute Gasteiger partial charge is 0.311 e. The van der Waals surface area contributed by atoms with Gasteiger partial charge >= 0.3 is 5.97 Å². The molecule has 1 aliphatic rings. The van der Waals surface area contributed by atoms with E-state index < -0.39 is 30.1 Å². The molecule has 0 bridgehead atoms. The van der Waals surface area contributed by atoms with Gasteiger partial charge in [0.1, 0.15) is 5.82 Å². The van der Waals surface area contributed by atoms with E-state index in [1.54, 1.807) is 29.2 Å². The first-order valence-corrected chi connectivity index (χ1v) is 9.32. The molecule has 2 aromatic rings. The highest BCUT2D eigenvalue weighted by molar-refractivity contribution is 6.30. The van der Waals surface area contributed by atoms with Crippen LogP contribution in [0.25, 0.3) is 0 Å². The van der Waals surface area contributed by atoms with Crippen molar-refractivity contribution in [2.75, 3.05) is 19.7 Å². The van der Waals surface area contributed by atoms with Gasteiger partial charge in [-0.25, -0.2) is 4.39 Å². The number of likely N-dealkylation sites (tertiary alicyclic amines) is 1. The fourth-order valence-corrected chi connectivity index (χ4v) is 3.25. The van der Waals surface area contributed by atoms with Crippen LogP contribution in [0, 0.1) is 11.7 Å². The van der Waals surface area contributed by atoms with Gasteiger partial charge in [0.05, 0.1) is 5.92 Å². The predicted octanol–water partition coefficient (Wildman–Crippen LogP) is 3.76. The van der Waals surface area contributed by atoms with Crippen LogP contribution in [0.15, 0.2) is 48.5 Å². The van der Waals surface area contributed by atoms with Crippen molar-refractivity contribution < 1.29 is 23.5 Å². The van der Waals surface area contributed by atoms with E-state index >= 15 is 0 Å². The normalized spacial score (nSPS) is 16.5. The van der Waals surface area contributed by atoms with Gasteiger partial charge < -0.3 is 9.64 Å². The van der Waals surface area contributed by atoms with E-state index in [0.29, 0.717) is 30.0 Å². The van der Waals surface area contributed by atoms with Gasteiger partial charge in [0.2, 0.25) is 0 Å². The summed E-state index contributed by atoms with van der Waals surface area (Å²) in [5.41, 5.74) is 0.649. The highest BCUT2D eigenvalue weighted by Crippen LogP contribution is 2.21. The number of amides is 1. The van der Waals surface area contributed by atoms with Gasteiger partial charge in [-0.05, 0) is 49.2 Å². The fourth-order valence-electron chi connectivity index (χ4n) is 3.13. The third-order valence-electron chi connectivity index (χ3n) is 4.63. The Kier molecular flexibility index (Phi) is 6.41. The maximum atomic E-state index is 13.2. The van der Waals surface area contributed by atoms with Crippen LogP contribution in [-0.4, -0.2) is 42.3 Å². The van der Waals surface area contributed by atoms with Crippen molar-refractivity contribution in [3.63, 3.8) is 0 Å². The number of halogens is 2. The monoisotopic (exact) mass is 403 g/mol. The number of rotatable bonds is 5. The molecule has 0 radical (unpaired) electrons. The minimum absolute atomic E-state index is 0.149. The number of ketones is 1. The summed E-state index contributed by atoms with van der Waals surface area (Å²) in [7, 11) is 0. The molecule has 28 heavy (non-hydrogen) atoms. The highest BCUT2D eigenvalue weighted by atomic mass is 35.5. The van der Waals surface area contributed by atoms with Crippen LogP contribution in [0.4, 0.5) is 4.39 Å². The molecule has 1 fully saturated rings. The lowest BCUT2D eigenvalue weighted by atomic mass is 9.97. The average Bonchev–Trinajstić information content (AvgIpc) is 2.72. The topological polar surface area (TPSA) is 63.7 Å². The summed E-state index contributed by atoms with van der Waals surface area (Å²) in [6.07, 6.45) is 1.24. The number of hydrogen-bond acceptors (Lipinski definition) is 4. The highest BCUT2D eigenvalue weighted by Gasteiger charge is 2.30. The molecule has 1 amide bonds.